The van der Waals surface area contributed by atoms with Crippen LogP contribution in [-0.4, -0.2) is 12.1 Å². The summed E-state index contributed by atoms with van der Waals surface area (Å²) in [5, 5.41) is 0. The van der Waals surface area contributed by atoms with Gasteiger partial charge in [0, 0.05) is 5.57 Å². The van der Waals surface area contributed by atoms with Crippen LogP contribution >= 0.6 is 0 Å². The Kier molecular flexibility index (Phi) is 7.10. The molecule has 0 heterocycles. The summed E-state index contributed by atoms with van der Waals surface area (Å²) < 4.78 is 5.19. The van der Waals surface area contributed by atoms with Crippen molar-refractivity contribution in [2.75, 3.05) is 0 Å². The summed E-state index contributed by atoms with van der Waals surface area (Å²) in [6.45, 7) is 11.6. The second kappa shape index (κ2) is 7.49. The molecule has 0 rings (SSSR count). The van der Waals surface area contributed by atoms with E-state index in [1.165, 1.54) is 12.8 Å². The van der Waals surface area contributed by atoms with Crippen molar-refractivity contribution >= 4 is 5.97 Å². The molecule has 2 heteroatoms. The van der Waals surface area contributed by atoms with Gasteiger partial charge in [-0.25, -0.2) is 4.79 Å². The molecule has 0 aromatic heterocycles. The number of carbonyl (C=O) groups excluding carboxylic acids is 1. The van der Waals surface area contributed by atoms with Gasteiger partial charge in [0.2, 0.25) is 0 Å². The molecule has 88 valence electrons. The predicted octanol–water partition coefficient (Wildman–Crippen LogP) is 3.71. The summed E-state index contributed by atoms with van der Waals surface area (Å²) >= 11 is 0. The van der Waals surface area contributed by atoms with Crippen molar-refractivity contribution < 1.29 is 9.53 Å². The van der Waals surface area contributed by atoms with Gasteiger partial charge < -0.3 is 4.74 Å². The smallest absolute Gasteiger partial charge is 0.333 e. The molecule has 0 bridgehead atoms. The number of hydrogen-bond acceptors (Lipinski definition) is 2. The highest BCUT2D eigenvalue weighted by molar-refractivity contribution is 5.87. The van der Waals surface area contributed by atoms with Crippen LogP contribution in [0.5, 0.6) is 0 Å². The third kappa shape index (κ3) is 7.18. The van der Waals surface area contributed by atoms with Crippen LogP contribution in [0.25, 0.3) is 0 Å². The van der Waals surface area contributed by atoms with Crippen LogP contribution in [0.4, 0.5) is 0 Å². The Balaban J connectivity index is 3.62. The third-order valence-electron chi connectivity index (χ3n) is 2.66. The largest absolute Gasteiger partial charge is 0.459 e. The summed E-state index contributed by atoms with van der Waals surface area (Å²) in [6.07, 6.45) is 4.52. The molecule has 0 fully saturated rings. The van der Waals surface area contributed by atoms with Gasteiger partial charge in [-0.3, -0.25) is 0 Å². The average Bonchev–Trinajstić information content (AvgIpc) is 2.17. The lowest BCUT2D eigenvalue weighted by molar-refractivity contribution is -0.143. The molecule has 0 aliphatic heterocycles. The second-order valence-electron chi connectivity index (χ2n) is 4.44. The highest BCUT2D eigenvalue weighted by Crippen LogP contribution is 2.14. The van der Waals surface area contributed by atoms with Gasteiger partial charge in [0.05, 0.1) is 6.10 Å². The molecule has 2 unspecified atom stereocenters. The van der Waals surface area contributed by atoms with Crippen molar-refractivity contribution in [2.24, 2.45) is 5.92 Å². The Bertz CT molecular complexity index is 209. The molecule has 15 heavy (non-hydrogen) atoms. The predicted molar refractivity (Wildman–Crippen MR) is 63.7 cm³/mol. The molecule has 0 aliphatic carbocycles. The van der Waals surface area contributed by atoms with E-state index in [9.17, 15) is 4.79 Å². The van der Waals surface area contributed by atoms with Crippen molar-refractivity contribution in [2.45, 2.75) is 59.5 Å². The topological polar surface area (TPSA) is 26.3 Å². The third-order valence-corrected chi connectivity index (χ3v) is 2.66. The molecular formula is C13H24O2. The van der Waals surface area contributed by atoms with E-state index in [-0.39, 0.29) is 12.1 Å². The van der Waals surface area contributed by atoms with Crippen molar-refractivity contribution in [1.82, 2.24) is 0 Å². The number of esters is 1. The minimum atomic E-state index is -0.272. The van der Waals surface area contributed by atoms with Gasteiger partial charge in [0.25, 0.3) is 0 Å². The van der Waals surface area contributed by atoms with E-state index in [0.29, 0.717) is 5.57 Å². The fourth-order valence-electron chi connectivity index (χ4n) is 1.30. The second-order valence-corrected chi connectivity index (χ2v) is 4.44. The molecule has 2 nitrogen and oxygen atoms in total. The first-order chi connectivity index (χ1) is 6.97. The summed E-state index contributed by atoms with van der Waals surface area (Å²) in [7, 11) is 0. The zero-order valence-electron chi connectivity index (χ0n) is 10.5. The lowest BCUT2D eigenvalue weighted by Gasteiger charge is -2.14. The molecule has 0 radical (unpaired) electrons. The molecule has 0 amide bonds. The van der Waals surface area contributed by atoms with Crippen molar-refractivity contribution in [3.63, 3.8) is 0 Å². The zero-order valence-corrected chi connectivity index (χ0v) is 10.5. The van der Waals surface area contributed by atoms with E-state index in [0.717, 1.165) is 18.8 Å². The summed E-state index contributed by atoms with van der Waals surface area (Å²) in [5.74, 6) is 0.500. The first-order valence-corrected chi connectivity index (χ1v) is 5.83. The van der Waals surface area contributed by atoms with Gasteiger partial charge in [-0.1, -0.05) is 33.3 Å². The molecular weight excluding hydrogens is 188 g/mol. The fourth-order valence-corrected chi connectivity index (χ4v) is 1.30. The lowest BCUT2D eigenvalue weighted by Crippen LogP contribution is -2.15. The van der Waals surface area contributed by atoms with Crippen LogP contribution < -0.4 is 0 Å². The molecule has 2 atom stereocenters. The van der Waals surface area contributed by atoms with E-state index < -0.39 is 0 Å². The monoisotopic (exact) mass is 212 g/mol. The number of rotatable bonds is 7. The summed E-state index contributed by atoms with van der Waals surface area (Å²) in [6, 6.07) is 0. The Hall–Kier alpha value is -0.790. The SMILES string of the molecule is C=C(C)C(=O)OC(C)CCCC(C)CC. The molecule has 0 aliphatic rings. The van der Waals surface area contributed by atoms with Crippen molar-refractivity contribution in [3.05, 3.63) is 12.2 Å². The van der Waals surface area contributed by atoms with Gasteiger partial charge >= 0.3 is 5.97 Å². The average molecular weight is 212 g/mol. The van der Waals surface area contributed by atoms with Gasteiger partial charge in [-0.2, -0.15) is 0 Å². The van der Waals surface area contributed by atoms with Gasteiger partial charge in [0.15, 0.2) is 0 Å². The highest BCUT2D eigenvalue weighted by Gasteiger charge is 2.10. The Morgan fingerprint density at radius 1 is 1.33 bits per heavy atom. The fraction of sp³-hybridized carbons (Fsp3) is 0.769. The number of ether oxygens (including phenoxy) is 1. The van der Waals surface area contributed by atoms with E-state index in [4.69, 9.17) is 4.74 Å². The zero-order chi connectivity index (χ0) is 11.8. The van der Waals surface area contributed by atoms with E-state index in [2.05, 4.69) is 20.4 Å². The van der Waals surface area contributed by atoms with Crippen LogP contribution in [0.2, 0.25) is 0 Å². The van der Waals surface area contributed by atoms with E-state index in [1.54, 1.807) is 6.92 Å². The van der Waals surface area contributed by atoms with Gasteiger partial charge in [-0.05, 0) is 32.6 Å². The Labute approximate surface area is 93.7 Å². The molecule has 0 aromatic carbocycles. The standard InChI is InChI=1S/C13H24O2/c1-6-11(4)8-7-9-12(5)15-13(14)10(2)3/h11-12H,2,6-9H2,1,3-5H3. The van der Waals surface area contributed by atoms with E-state index in [1.807, 2.05) is 6.92 Å². The first-order valence-electron chi connectivity index (χ1n) is 5.83. The van der Waals surface area contributed by atoms with Crippen LogP contribution in [-0.2, 0) is 9.53 Å². The minimum absolute atomic E-state index is 0.0123. The maximum absolute atomic E-state index is 11.2. The van der Waals surface area contributed by atoms with E-state index >= 15 is 0 Å². The minimum Gasteiger partial charge on any atom is -0.459 e. The van der Waals surface area contributed by atoms with Crippen LogP contribution in [0, 0.1) is 5.92 Å². The van der Waals surface area contributed by atoms with Crippen LogP contribution in [0.1, 0.15) is 53.4 Å². The summed E-state index contributed by atoms with van der Waals surface area (Å²) in [4.78, 5) is 11.2. The number of carbonyl (C=O) groups is 1. The van der Waals surface area contributed by atoms with Gasteiger partial charge in [0.1, 0.15) is 0 Å². The van der Waals surface area contributed by atoms with Crippen LogP contribution in [0.15, 0.2) is 12.2 Å². The maximum Gasteiger partial charge on any atom is 0.333 e. The molecule has 0 spiro atoms. The van der Waals surface area contributed by atoms with Crippen molar-refractivity contribution in [3.8, 4) is 0 Å². The number of hydrogen-bond donors (Lipinski definition) is 0. The molecule has 0 saturated carbocycles. The molecule has 0 N–H and O–H groups in total. The normalized spacial score (nSPS) is 14.4. The summed E-state index contributed by atoms with van der Waals surface area (Å²) in [5.41, 5.74) is 0.476. The Morgan fingerprint density at radius 2 is 1.93 bits per heavy atom. The van der Waals surface area contributed by atoms with Gasteiger partial charge in [-0.15, -0.1) is 0 Å². The van der Waals surface area contributed by atoms with Crippen molar-refractivity contribution in [1.29, 1.82) is 0 Å². The van der Waals surface area contributed by atoms with Crippen LogP contribution in [0.3, 0.4) is 0 Å². The highest BCUT2D eigenvalue weighted by atomic mass is 16.5. The Morgan fingerprint density at radius 3 is 2.40 bits per heavy atom. The molecule has 0 saturated heterocycles. The molecule has 0 aromatic rings. The first kappa shape index (κ1) is 14.2. The lowest BCUT2D eigenvalue weighted by atomic mass is 10.0. The maximum atomic E-state index is 11.2. The quantitative estimate of drug-likeness (QED) is 0.475.